The van der Waals surface area contributed by atoms with Gasteiger partial charge in [-0.05, 0) is 37.2 Å². The summed E-state index contributed by atoms with van der Waals surface area (Å²) in [7, 11) is 0. The van der Waals surface area contributed by atoms with Crippen LogP contribution in [0.1, 0.15) is 38.8 Å². The molecule has 6 heteroatoms. The molecule has 2 unspecified atom stereocenters. The van der Waals surface area contributed by atoms with Gasteiger partial charge in [-0.3, -0.25) is 0 Å². The molecule has 2 aliphatic heterocycles. The first-order valence-corrected chi connectivity index (χ1v) is 7.85. The number of fused-ring (bicyclic) bond motifs is 4. The maximum atomic E-state index is 14.3. The molecule has 2 atom stereocenters. The Morgan fingerprint density at radius 1 is 1.57 bits per heavy atom. The van der Waals surface area contributed by atoms with E-state index < -0.39 is 11.5 Å². The molecule has 0 saturated carbocycles. The summed E-state index contributed by atoms with van der Waals surface area (Å²) in [6.45, 7) is 7.06. The average molecular weight is 329 g/mol. The third-order valence-electron chi connectivity index (χ3n) is 4.02. The minimum absolute atomic E-state index is 0.110. The van der Waals surface area contributed by atoms with Crippen LogP contribution in [0.25, 0.3) is 0 Å². The Bertz CT molecular complexity index is 610. The zero-order chi connectivity index (χ0) is 15.4. The highest BCUT2D eigenvalue weighted by Gasteiger charge is 2.48. The summed E-state index contributed by atoms with van der Waals surface area (Å²) >= 11 is 11.3. The minimum Gasteiger partial charge on any atom is -0.468 e. The van der Waals surface area contributed by atoms with E-state index in [9.17, 15) is 4.39 Å². The van der Waals surface area contributed by atoms with E-state index in [-0.39, 0.29) is 11.1 Å². The zero-order valence-corrected chi connectivity index (χ0v) is 13.8. The summed E-state index contributed by atoms with van der Waals surface area (Å²) in [6, 6.07) is 3.06. The van der Waals surface area contributed by atoms with Gasteiger partial charge in [0, 0.05) is 13.0 Å². The van der Waals surface area contributed by atoms with Crippen LogP contribution in [0, 0.1) is 11.7 Å². The number of rotatable bonds is 2. The number of thiocarbonyl (C=S) groups is 1. The smallest absolute Gasteiger partial charge is 0.184 e. The molecular formula is C15H18ClFN2OS. The average Bonchev–Trinajstić information content (AvgIpc) is 2.38. The van der Waals surface area contributed by atoms with E-state index in [0.29, 0.717) is 28.8 Å². The quantitative estimate of drug-likeness (QED) is 0.833. The number of hydrogen-bond acceptors (Lipinski definition) is 2. The Balaban J connectivity index is 2.05. The van der Waals surface area contributed by atoms with Gasteiger partial charge < -0.3 is 15.0 Å². The first-order valence-electron chi connectivity index (χ1n) is 7.07. The normalized spacial score (nSPS) is 27.2. The largest absolute Gasteiger partial charge is 0.468 e. The molecule has 3 rings (SSSR count). The molecule has 0 spiro atoms. The number of halogens is 2. The second-order valence-electron chi connectivity index (χ2n) is 6.26. The van der Waals surface area contributed by atoms with Gasteiger partial charge in [0.05, 0.1) is 16.6 Å². The fourth-order valence-corrected chi connectivity index (χ4v) is 3.67. The van der Waals surface area contributed by atoms with Crippen LogP contribution in [0.4, 0.5) is 4.39 Å². The highest BCUT2D eigenvalue weighted by Crippen LogP contribution is 2.46. The van der Waals surface area contributed by atoms with Gasteiger partial charge in [0.15, 0.2) is 16.7 Å². The summed E-state index contributed by atoms with van der Waals surface area (Å²) in [4.78, 5) is 2.05. The first kappa shape index (κ1) is 14.9. The summed E-state index contributed by atoms with van der Waals surface area (Å²) in [6.07, 6.45) is 0.629. The van der Waals surface area contributed by atoms with E-state index >= 15 is 0 Å². The maximum Gasteiger partial charge on any atom is 0.184 e. The third-order valence-corrected chi connectivity index (χ3v) is 4.65. The number of ether oxygens (including phenoxy) is 1. The Hall–Kier alpha value is -1.07. The molecule has 2 heterocycles. The number of nitrogens with one attached hydrogen (secondary N) is 1. The van der Waals surface area contributed by atoms with Crippen LogP contribution in [0.15, 0.2) is 12.1 Å². The number of nitrogens with zero attached hydrogens (tertiary/aromatic N) is 1. The van der Waals surface area contributed by atoms with Crippen molar-refractivity contribution in [1.29, 1.82) is 0 Å². The van der Waals surface area contributed by atoms with Crippen molar-refractivity contribution in [2.75, 3.05) is 6.54 Å². The molecule has 2 bridgehead atoms. The lowest BCUT2D eigenvalue weighted by Crippen LogP contribution is -2.65. The van der Waals surface area contributed by atoms with Crippen LogP contribution in [0.5, 0.6) is 5.75 Å². The van der Waals surface area contributed by atoms with Crippen LogP contribution in [-0.2, 0) is 0 Å². The second-order valence-corrected chi connectivity index (χ2v) is 7.05. The van der Waals surface area contributed by atoms with E-state index in [0.717, 1.165) is 6.54 Å². The van der Waals surface area contributed by atoms with Gasteiger partial charge in [0.25, 0.3) is 0 Å². The summed E-state index contributed by atoms with van der Waals surface area (Å²) in [5.41, 5.74) is -0.0728. The van der Waals surface area contributed by atoms with Crippen molar-refractivity contribution in [3.05, 3.63) is 28.5 Å². The van der Waals surface area contributed by atoms with Gasteiger partial charge in [0.2, 0.25) is 0 Å². The Kier molecular flexibility index (Phi) is 3.53. The van der Waals surface area contributed by atoms with Crippen LogP contribution < -0.4 is 10.1 Å². The molecule has 0 radical (unpaired) electrons. The van der Waals surface area contributed by atoms with E-state index in [4.69, 9.17) is 28.6 Å². The van der Waals surface area contributed by atoms with Gasteiger partial charge in [0.1, 0.15) is 5.75 Å². The third kappa shape index (κ3) is 2.36. The summed E-state index contributed by atoms with van der Waals surface area (Å²) < 4.78 is 20.4. The van der Waals surface area contributed by atoms with E-state index in [1.54, 1.807) is 6.07 Å². The van der Waals surface area contributed by atoms with E-state index in [1.165, 1.54) is 6.07 Å². The van der Waals surface area contributed by atoms with Crippen molar-refractivity contribution in [3.8, 4) is 5.75 Å². The molecule has 114 valence electrons. The van der Waals surface area contributed by atoms with Crippen molar-refractivity contribution < 1.29 is 9.13 Å². The maximum absolute atomic E-state index is 14.3. The molecule has 0 amide bonds. The van der Waals surface area contributed by atoms with Crippen LogP contribution in [0.2, 0.25) is 5.02 Å². The zero-order valence-electron chi connectivity index (χ0n) is 12.2. The molecule has 0 aliphatic carbocycles. The molecular weight excluding hydrogens is 311 g/mol. The number of benzene rings is 1. The Labute approximate surface area is 134 Å². The predicted octanol–water partition coefficient (Wildman–Crippen LogP) is 3.87. The molecule has 1 aromatic rings. The fraction of sp³-hybridized carbons (Fsp3) is 0.533. The monoisotopic (exact) mass is 328 g/mol. The SMILES string of the molecule is CC(C)CN1C(=S)NC2CC1(C)Oc1ccc(Cl)c(F)c12. The minimum atomic E-state index is -0.551. The standard InChI is InChI=1S/C15H18ClFN2OS/c1-8(2)7-19-14(21)18-10-6-15(19,3)20-11-5-4-9(16)13(17)12(10)11/h4-5,8,10H,6-7H2,1-3H3,(H,18,21). The topological polar surface area (TPSA) is 24.5 Å². The molecule has 3 nitrogen and oxygen atoms in total. The van der Waals surface area contributed by atoms with Crippen LogP contribution in [-0.4, -0.2) is 22.3 Å². The molecule has 1 fully saturated rings. The highest BCUT2D eigenvalue weighted by molar-refractivity contribution is 7.80. The lowest BCUT2D eigenvalue weighted by atomic mass is 9.90. The molecule has 21 heavy (non-hydrogen) atoms. The summed E-state index contributed by atoms with van der Waals surface area (Å²) in [5.74, 6) is 0.568. The summed E-state index contributed by atoms with van der Waals surface area (Å²) in [5, 5.41) is 3.94. The van der Waals surface area contributed by atoms with E-state index in [2.05, 4.69) is 24.1 Å². The lowest BCUT2D eigenvalue weighted by molar-refractivity contribution is -0.0729. The van der Waals surface area contributed by atoms with Gasteiger partial charge in [-0.25, -0.2) is 4.39 Å². The molecule has 1 N–H and O–H groups in total. The van der Waals surface area contributed by atoms with Crippen molar-refractivity contribution in [1.82, 2.24) is 10.2 Å². The molecule has 1 aromatic carbocycles. The van der Waals surface area contributed by atoms with Crippen LogP contribution in [0.3, 0.4) is 0 Å². The van der Waals surface area contributed by atoms with Gasteiger partial charge >= 0.3 is 0 Å². The number of hydrogen-bond donors (Lipinski definition) is 1. The van der Waals surface area contributed by atoms with Crippen molar-refractivity contribution >= 4 is 28.9 Å². The van der Waals surface area contributed by atoms with Gasteiger partial charge in [-0.2, -0.15) is 0 Å². The predicted molar refractivity (Wildman–Crippen MR) is 85.1 cm³/mol. The van der Waals surface area contributed by atoms with Gasteiger partial charge in [-0.1, -0.05) is 25.4 Å². The van der Waals surface area contributed by atoms with Crippen molar-refractivity contribution in [3.63, 3.8) is 0 Å². The second kappa shape index (κ2) is 4.99. The molecule has 0 aromatic heterocycles. The Morgan fingerprint density at radius 2 is 2.29 bits per heavy atom. The van der Waals surface area contributed by atoms with Gasteiger partial charge in [-0.15, -0.1) is 0 Å². The molecule has 1 saturated heterocycles. The van der Waals surface area contributed by atoms with Crippen molar-refractivity contribution in [2.24, 2.45) is 5.92 Å². The van der Waals surface area contributed by atoms with E-state index in [1.807, 2.05) is 6.92 Å². The first-order chi connectivity index (χ1) is 9.82. The fourth-order valence-electron chi connectivity index (χ4n) is 3.09. The lowest BCUT2D eigenvalue weighted by Gasteiger charge is -2.52. The Morgan fingerprint density at radius 3 is 2.95 bits per heavy atom. The van der Waals surface area contributed by atoms with Crippen molar-refractivity contribution in [2.45, 2.75) is 39.0 Å². The highest BCUT2D eigenvalue weighted by atomic mass is 35.5. The van der Waals surface area contributed by atoms with Crippen LogP contribution >= 0.6 is 23.8 Å². The molecule has 2 aliphatic rings.